The van der Waals surface area contributed by atoms with E-state index in [0.29, 0.717) is 15.9 Å². The molecule has 0 fully saturated rings. The summed E-state index contributed by atoms with van der Waals surface area (Å²) < 4.78 is 13.7. The third kappa shape index (κ3) is 11.6. The van der Waals surface area contributed by atoms with Crippen molar-refractivity contribution in [3.63, 3.8) is 0 Å². The predicted molar refractivity (Wildman–Crippen MR) is 203 cm³/mol. The molecule has 20 heteroatoms. The number of hydrogen-bond donors (Lipinski definition) is 9. The Balaban J connectivity index is 1.96. The van der Waals surface area contributed by atoms with Crippen molar-refractivity contribution in [3.8, 4) is 0 Å². The van der Waals surface area contributed by atoms with Crippen molar-refractivity contribution in [2.75, 3.05) is 35.8 Å². The summed E-state index contributed by atoms with van der Waals surface area (Å²) in [7, 11) is 0. The third-order valence-corrected chi connectivity index (χ3v) is 12.3. The summed E-state index contributed by atoms with van der Waals surface area (Å²) in [6.45, 7) is 6.26. The van der Waals surface area contributed by atoms with E-state index in [2.05, 4.69) is 49.9 Å². The van der Waals surface area contributed by atoms with Gasteiger partial charge in [-0.25, -0.2) is 14.4 Å². The van der Waals surface area contributed by atoms with E-state index in [4.69, 9.17) is 11.8 Å². The third-order valence-electron chi connectivity index (χ3n) is 7.30. The first kappa shape index (κ1) is 44.5. The van der Waals surface area contributed by atoms with Gasteiger partial charge < -0.3 is 60.8 Å². The second kappa shape index (κ2) is 18.6. The number of nitrogens with one attached hydrogen (secondary N) is 3. The lowest BCUT2D eigenvalue weighted by Crippen LogP contribution is -2.47. The lowest BCUT2D eigenvalue weighted by atomic mass is 10.2. The molecule has 3 aromatic carbocycles. The first-order valence-corrected chi connectivity index (χ1v) is 18.6. The molecule has 3 rings (SSSR count). The maximum Gasteiger partial charge on any atom is 0.330 e. The molecular weight excluding hydrogens is 777 g/mol. The number of carbonyl (C=O) groups excluding carboxylic acids is 6. The van der Waals surface area contributed by atoms with Crippen molar-refractivity contribution in [3.05, 3.63) is 111 Å². The van der Waals surface area contributed by atoms with Crippen LogP contribution in [0.3, 0.4) is 0 Å². The molecule has 9 N–H and O–H groups in total. The number of amides is 3. The van der Waals surface area contributed by atoms with Crippen LogP contribution < -0.4 is 31.9 Å². The minimum absolute atomic E-state index is 0.0875. The van der Waals surface area contributed by atoms with Gasteiger partial charge in [0.25, 0.3) is 35.1 Å². The van der Waals surface area contributed by atoms with Gasteiger partial charge in [0.05, 0.1) is 0 Å². The topological polar surface area (TPSA) is 288 Å². The fourth-order valence-corrected chi connectivity index (χ4v) is 7.99. The van der Waals surface area contributed by atoms with Crippen LogP contribution in [0.2, 0.25) is 0 Å². The molecule has 296 valence electrons. The monoisotopic (exact) mass is 813 g/mol. The zero-order chi connectivity index (χ0) is 41.9. The van der Waals surface area contributed by atoms with Gasteiger partial charge in [0, 0.05) is 41.3 Å². The van der Waals surface area contributed by atoms with Crippen LogP contribution in [-0.2, 0) is 54.8 Å². The second-order valence-electron chi connectivity index (χ2n) is 11.5. The molecule has 0 radical (unpaired) electrons. The van der Waals surface area contributed by atoms with Gasteiger partial charge in [0.1, 0.15) is 0 Å². The maximum atomic E-state index is 12.5. The first-order chi connectivity index (χ1) is 26.2. The zero-order valence-corrected chi connectivity index (χ0v) is 30.8. The highest BCUT2D eigenvalue weighted by atomic mass is 32.4. The van der Waals surface area contributed by atoms with Gasteiger partial charge in [-0.05, 0) is 52.3 Å². The highest BCUT2D eigenvalue weighted by Crippen LogP contribution is 2.43. The van der Waals surface area contributed by atoms with Crippen LogP contribution >= 0.6 is 6.04 Å². The molecule has 0 saturated heterocycles. The quantitative estimate of drug-likeness (QED) is 0.0232. The molecule has 18 nitrogen and oxygen atoms in total. The summed E-state index contributed by atoms with van der Waals surface area (Å²) in [5, 5.41) is 69.0. The Kier molecular flexibility index (Phi) is 14.8. The number of rotatable bonds is 18. The summed E-state index contributed by atoms with van der Waals surface area (Å²) in [6.07, 6.45) is 2.31. The van der Waals surface area contributed by atoms with E-state index < -0.39 is 78.8 Å². The summed E-state index contributed by atoms with van der Waals surface area (Å²) in [5.41, 5.74) is 0.262. The molecule has 56 heavy (non-hydrogen) atoms. The van der Waals surface area contributed by atoms with Crippen LogP contribution in [-0.4, -0.2) is 103 Å². The van der Waals surface area contributed by atoms with Crippen molar-refractivity contribution < 1.29 is 73.6 Å². The molecule has 3 amide bonds. The Labute approximate surface area is 323 Å². The van der Waals surface area contributed by atoms with E-state index in [1.54, 1.807) is 36.4 Å². The van der Waals surface area contributed by atoms with Gasteiger partial charge in [0.2, 0.25) is 0 Å². The maximum absolute atomic E-state index is 12.5. The van der Waals surface area contributed by atoms with Crippen LogP contribution in [0.25, 0.3) is 0 Å². The largest absolute Gasteiger partial charge is 0.456 e. The van der Waals surface area contributed by atoms with E-state index in [-0.39, 0.29) is 17.1 Å². The van der Waals surface area contributed by atoms with E-state index in [1.165, 1.54) is 36.4 Å². The SMILES string of the molecule is C=CC(=O)OCC(O)(O)C(=O)Nc1ccc(P(=S)(c2ccc(NC(=O)C(O)(O)COC(=O)C=C)cc2)c2ccc(NC(=O)C(O)(O)COC(=O)C=C)cc2)cc1. The molecule has 0 aliphatic heterocycles. The molecule has 0 bridgehead atoms. The molecular formula is C36H36N3O15PS. The molecule has 0 unspecified atom stereocenters. The zero-order valence-electron chi connectivity index (χ0n) is 29.1. The van der Waals surface area contributed by atoms with Crippen LogP contribution in [0.5, 0.6) is 0 Å². The number of esters is 3. The van der Waals surface area contributed by atoms with Gasteiger partial charge in [-0.2, -0.15) is 0 Å². The molecule has 0 aromatic heterocycles. The fraction of sp³-hybridized carbons (Fsp3) is 0.167. The number of benzene rings is 3. The number of carbonyl (C=O) groups is 6. The summed E-state index contributed by atoms with van der Waals surface area (Å²) >= 11 is 6.32. The van der Waals surface area contributed by atoms with Crippen LogP contribution in [0, 0.1) is 0 Å². The van der Waals surface area contributed by atoms with Crippen molar-refractivity contribution >= 4 is 86.4 Å². The first-order valence-electron chi connectivity index (χ1n) is 15.8. The lowest BCUT2D eigenvalue weighted by molar-refractivity contribution is -0.199. The molecule has 0 aliphatic carbocycles. The number of anilines is 3. The van der Waals surface area contributed by atoms with E-state index >= 15 is 0 Å². The van der Waals surface area contributed by atoms with E-state index in [0.717, 1.165) is 18.2 Å². The molecule has 0 atom stereocenters. The normalized spacial score (nSPS) is 11.6. The van der Waals surface area contributed by atoms with E-state index in [1.807, 2.05) is 0 Å². The van der Waals surface area contributed by atoms with Crippen LogP contribution in [0.1, 0.15) is 0 Å². The fourth-order valence-electron chi connectivity index (χ4n) is 4.29. The van der Waals surface area contributed by atoms with Gasteiger partial charge in [-0.1, -0.05) is 67.9 Å². The number of hydrogen-bond acceptors (Lipinski definition) is 16. The van der Waals surface area contributed by atoms with Crippen LogP contribution in [0.15, 0.2) is 111 Å². The predicted octanol–water partition coefficient (Wildman–Crippen LogP) is -1.51. The van der Waals surface area contributed by atoms with Gasteiger partial charge in [0.15, 0.2) is 19.8 Å². The smallest absolute Gasteiger partial charge is 0.330 e. The van der Waals surface area contributed by atoms with Crippen molar-refractivity contribution in [1.29, 1.82) is 0 Å². The Morgan fingerprint density at radius 2 is 0.714 bits per heavy atom. The second-order valence-corrected chi connectivity index (χ2v) is 15.9. The number of ether oxygens (including phenoxy) is 3. The van der Waals surface area contributed by atoms with Crippen molar-refractivity contribution in [2.45, 2.75) is 17.4 Å². The average Bonchev–Trinajstić information content (AvgIpc) is 3.18. The summed E-state index contributed by atoms with van der Waals surface area (Å²) in [5.74, 6) is -16.2. The molecule has 0 heterocycles. The molecule has 3 aromatic rings. The minimum atomic E-state index is -3.11. The summed E-state index contributed by atoms with van der Waals surface area (Å²) in [4.78, 5) is 71.6. The molecule has 0 aliphatic rings. The number of aliphatic hydroxyl groups is 6. The Hall–Kier alpha value is -5.89. The Morgan fingerprint density at radius 1 is 0.500 bits per heavy atom. The highest BCUT2D eigenvalue weighted by molar-refractivity contribution is 8.25. The Morgan fingerprint density at radius 3 is 0.911 bits per heavy atom. The Bertz CT molecular complexity index is 1820. The minimum Gasteiger partial charge on any atom is -0.456 e. The summed E-state index contributed by atoms with van der Waals surface area (Å²) in [6, 6.07) is 14.6. The van der Waals surface area contributed by atoms with E-state index in [9.17, 15) is 59.4 Å². The van der Waals surface area contributed by atoms with Gasteiger partial charge >= 0.3 is 17.9 Å². The van der Waals surface area contributed by atoms with Crippen molar-refractivity contribution in [2.24, 2.45) is 0 Å². The van der Waals surface area contributed by atoms with Gasteiger partial charge in [-0.15, -0.1) is 0 Å². The van der Waals surface area contributed by atoms with Crippen LogP contribution in [0.4, 0.5) is 17.1 Å². The molecule has 0 spiro atoms. The average molecular weight is 814 g/mol. The standard InChI is InChI=1S/C36H36N3O15PS/c1-4-28(40)52-19-34(46,47)31(43)37-22-7-13-25(14-8-22)55(56,26-15-9-23(10-16-26)38-32(44)35(48,49)20-53-29(41)5-2)27-17-11-24(12-18-27)39-33(45)36(50,51)21-54-30(42)6-3/h4-18,46-51H,1-3,19-21H2,(H,37,43)(H,38,44)(H,39,45). The highest BCUT2D eigenvalue weighted by Gasteiger charge is 2.37. The lowest BCUT2D eigenvalue weighted by Gasteiger charge is -2.26. The van der Waals surface area contributed by atoms with Gasteiger partial charge in [-0.3, -0.25) is 14.4 Å². The van der Waals surface area contributed by atoms with Crippen molar-refractivity contribution in [1.82, 2.24) is 0 Å². The molecule has 0 saturated carbocycles.